The SMILES string of the molecule is CCN(C)C(=O)c1cc2sc(Br)cc2n1Cc1ccc(F)cc1F. The lowest BCUT2D eigenvalue weighted by Gasteiger charge is -2.17. The summed E-state index contributed by atoms with van der Waals surface area (Å²) in [6, 6.07) is 7.22. The Morgan fingerprint density at radius 1 is 1.29 bits per heavy atom. The molecule has 0 fully saturated rings. The Bertz CT molecular complexity index is 919. The number of hydrogen-bond acceptors (Lipinski definition) is 2. The van der Waals surface area contributed by atoms with E-state index in [1.54, 1.807) is 16.5 Å². The summed E-state index contributed by atoms with van der Waals surface area (Å²) in [7, 11) is 1.72. The summed E-state index contributed by atoms with van der Waals surface area (Å²) in [4.78, 5) is 14.2. The van der Waals surface area contributed by atoms with Gasteiger partial charge < -0.3 is 9.47 Å². The number of amides is 1. The van der Waals surface area contributed by atoms with Crippen molar-refractivity contribution in [1.29, 1.82) is 0 Å². The van der Waals surface area contributed by atoms with Gasteiger partial charge in [0.1, 0.15) is 17.3 Å². The summed E-state index contributed by atoms with van der Waals surface area (Å²) < 4.78 is 30.8. The van der Waals surface area contributed by atoms with Crippen LogP contribution in [0.2, 0.25) is 0 Å². The van der Waals surface area contributed by atoms with Gasteiger partial charge in [0.05, 0.1) is 20.5 Å². The molecule has 7 heteroatoms. The number of nitrogens with zero attached hydrogens (tertiary/aromatic N) is 2. The van der Waals surface area contributed by atoms with Crippen LogP contribution in [-0.2, 0) is 6.54 Å². The predicted molar refractivity (Wildman–Crippen MR) is 95.6 cm³/mol. The first-order chi connectivity index (χ1) is 11.4. The number of carbonyl (C=O) groups is 1. The van der Waals surface area contributed by atoms with E-state index < -0.39 is 11.6 Å². The van der Waals surface area contributed by atoms with Crippen LogP contribution in [0.3, 0.4) is 0 Å². The minimum absolute atomic E-state index is 0.125. The van der Waals surface area contributed by atoms with Crippen molar-refractivity contribution in [2.75, 3.05) is 13.6 Å². The number of fused-ring (bicyclic) bond motifs is 1. The van der Waals surface area contributed by atoms with Gasteiger partial charge in [-0.1, -0.05) is 6.07 Å². The number of carbonyl (C=O) groups excluding carboxylic acids is 1. The van der Waals surface area contributed by atoms with E-state index in [1.807, 2.05) is 19.1 Å². The zero-order chi connectivity index (χ0) is 17.4. The minimum Gasteiger partial charge on any atom is -0.341 e. The van der Waals surface area contributed by atoms with Crippen molar-refractivity contribution in [1.82, 2.24) is 9.47 Å². The van der Waals surface area contributed by atoms with E-state index in [0.29, 0.717) is 17.8 Å². The van der Waals surface area contributed by atoms with Crippen LogP contribution >= 0.6 is 27.3 Å². The van der Waals surface area contributed by atoms with Crippen LogP contribution in [0.5, 0.6) is 0 Å². The normalized spacial score (nSPS) is 11.2. The van der Waals surface area contributed by atoms with Gasteiger partial charge >= 0.3 is 0 Å². The fourth-order valence-corrected chi connectivity index (χ4v) is 4.08. The first-order valence-electron chi connectivity index (χ1n) is 7.38. The zero-order valence-electron chi connectivity index (χ0n) is 13.1. The molecule has 0 saturated carbocycles. The highest BCUT2D eigenvalue weighted by molar-refractivity contribution is 9.11. The van der Waals surface area contributed by atoms with Crippen molar-refractivity contribution in [3.8, 4) is 0 Å². The second kappa shape index (κ2) is 6.64. The van der Waals surface area contributed by atoms with Gasteiger partial charge in [-0.3, -0.25) is 4.79 Å². The third-order valence-electron chi connectivity index (χ3n) is 3.94. The second-order valence-corrected chi connectivity index (χ2v) is 7.93. The molecule has 0 atom stereocenters. The van der Waals surface area contributed by atoms with Gasteiger partial charge in [0.2, 0.25) is 0 Å². The molecule has 24 heavy (non-hydrogen) atoms. The van der Waals surface area contributed by atoms with Gasteiger partial charge in [-0.15, -0.1) is 11.3 Å². The molecular formula is C17H15BrF2N2OS. The molecule has 0 spiro atoms. The Labute approximate surface area is 150 Å². The number of rotatable bonds is 4. The maximum absolute atomic E-state index is 14.0. The molecule has 3 aromatic rings. The van der Waals surface area contributed by atoms with E-state index in [4.69, 9.17) is 0 Å². The second-order valence-electron chi connectivity index (χ2n) is 5.47. The maximum Gasteiger partial charge on any atom is 0.270 e. The number of benzene rings is 1. The fraction of sp³-hybridized carbons (Fsp3) is 0.235. The van der Waals surface area contributed by atoms with Crippen LogP contribution in [-0.4, -0.2) is 29.0 Å². The molecular weight excluding hydrogens is 398 g/mol. The highest BCUT2D eigenvalue weighted by Crippen LogP contribution is 2.33. The molecule has 0 aliphatic rings. The fourth-order valence-electron chi connectivity index (χ4n) is 2.52. The molecule has 3 nitrogen and oxygen atoms in total. The molecule has 0 bridgehead atoms. The zero-order valence-corrected chi connectivity index (χ0v) is 15.5. The van der Waals surface area contributed by atoms with Gasteiger partial charge in [0, 0.05) is 25.2 Å². The molecule has 126 valence electrons. The number of hydrogen-bond donors (Lipinski definition) is 0. The van der Waals surface area contributed by atoms with Gasteiger partial charge in [-0.25, -0.2) is 8.78 Å². The minimum atomic E-state index is -0.617. The molecule has 2 heterocycles. The summed E-state index contributed by atoms with van der Waals surface area (Å²) in [6.07, 6.45) is 0. The monoisotopic (exact) mass is 412 g/mol. The summed E-state index contributed by atoms with van der Waals surface area (Å²) in [5.41, 5.74) is 1.68. The van der Waals surface area contributed by atoms with E-state index in [0.717, 1.165) is 20.1 Å². The quantitative estimate of drug-likeness (QED) is 0.599. The Kier molecular flexibility index (Phi) is 4.73. The van der Waals surface area contributed by atoms with Gasteiger partial charge in [-0.2, -0.15) is 0 Å². The molecule has 0 unspecified atom stereocenters. The summed E-state index contributed by atoms with van der Waals surface area (Å²) in [5, 5.41) is 0. The van der Waals surface area contributed by atoms with Gasteiger partial charge in [0.25, 0.3) is 5.91 Å². The maximum atomic E-state index is 14.0. The Morgan fingerprint density at radius 3 is 2.71 bits per heavy atom. The topological polar surface area (TPSA) is 25.2 Å². The van der Waals surface area contributed by atoms with Crippen LogP contribution in [0.4, 0.5) is 8.78 Å². The molecule has 0 aliphatic heterocycles. The van der Waals surface area contributed by atoms with Gasteiger partial charge in [-0.05, 0) is 41.1 Å². The van der Waals surface area contributed by atoms with Crippen molar-refractivity contribution in [3.05, 3.63) is 57.0 Å². The summed E-state index contributed by atoms with van der Waals surface area (Å²) in [5.74, 6) is -1.36. The summed E-state index contributed by atoms with van der Waals surface area (Å²) in [6.45, 7) is 2.63. The molecule has 0 saturated heterocycles. The lowest BCUT2D eigenvalue weighted by molar-refractivity contribution is 0.0792. The molecule has 0 radical (unpaired) electrons. The lowest BCUT2D eigenvalue weighted by atomic mass is 10.2. The van der Waals surface area contributed by atoms with Crippen molar-refractivity contribution in [3.63, 3.8) is 0 Å². The van der Waals surface area contributed by atoms with E-state index >= 15 is 0 Å². The average molecular weight is 413 g/mol. The Balaban J connectivity index is 2.11. The van der Waals surface area contributed by atoms with E-state index in [-0.39, 0.29) is 12.5 Å². The van der Waals surface area contributed by atoms with Crippen LogP contribution in [0.15, 0.2) is 34.1 Å². The average Bonchev–Trinajstić information content (AvgIpc) is 3.05. The molecule has 1 amide bonds. The van der Waals surface area contributed by atoms with Crippen LogP contribution in [0.1, 0.15) is 23.0 Å². The first-order valence-corrected chi connectivity index (χ1v) is 8.99. The van der Waals surface area contributed by atoms with Crippen molar-refractivity contribution in [2.45, 2.75) is 13.5 Å². The van der Waals surface area contributed by atoms with Crippen molar-refractivity contribution in [2.24, 2.45) is 0 Å². The largest absolute Gasteiger partial charge is 0.341 e. The third-order valence-corrected chi connectivity index (χ3v) is 5.52. The molecule has 0 aliphatic carbocycles. The number of aromatic nitrogens is 1. The number of thiophene rings is 1. The molecule has 1 aromatic carbocycles. The predicted octanol–water partition coefficient (Wildman–Crippen LogP) is 4.88. The molecule has 3 rings (SSSR count). The lowest BCUT2D eigenvalue weighted by Crippen LogP contribution is -2.28. The molecule has 2 aromatic heterocycles. The van der Waals surface area contributed by atoms with Crippen LogP contribution < -0.4 is 0 Å². The van der Waals surface area contributed by atoms with E-state index in [1.165, 1.54) is 23.5 Å². The number of halogens is 3. The first kappa shape index (κ1) is 17.1. The standard InChI is InChI=1S/C17H15BrF2N2OS/c1-3-21(2)17(23)14-7-15-13(8-16(18)24-15)22(14)9-10-4-5-11(19)6-12(10)20/h4-8H,3,9H2,1-2H3. The van der Waals surface area contributed by atoms with E-state index in [9.17, 15) is 13.6 Å². The van der Waals surface area contributed by atoms with Gasteiger partial charge in [0.15, 0.2) is 0 Å². The van der Waals surface area contributed by atoms with Crippen LogP contribution in [0.25, 0.3) is 10.2 Å². The highest BCUT2D eigenvalue weighted by Gasteiger charge is 2.20. The van der Waals surface area contributed by atoms with E-state index in [2.05, 4.69) is 15.9 Å². The van der Waals surface area contributed by atoms with Crippen molar-refractivity contribution < 1.29 is 13.6 Å². The Morgan fingerprint density at radius 2 is 2.04 bits per heavy atom. The third kappa shape index (κ3) is 3.10. The summed E-state index contributed by atoms with van der Waals surface area (Å²) >= 11 is 4.95. The highest BCUT2D eigenvalue weighted by atomic mass is 79.9. The van der Waals surface area contributed by atoms with Crippen LogP contribution in [0, 0.1) is 11.6 Å². The molecule has 0 N–H and O–H groups in total. The smallest absolute Gasteiger partial charge is 0.270 e. The van der Waals surface area contributed by atoms with Crippen molar-refractivity contribution >= 4 is 43.4 Å². The Hall–Kier alpha value is -1.73.